The smallest absolute Gasteiger partial charge is 0.253 e. The zero-order valence-electron chi connectivity index (χ0n) is 16.7. The van der Waals surface area contributed by atoms with Gasteiger partial charge in [0.15, 0.2) is 0 Å². The van der Waals surface area contributed by atoms with E-state index in [1.807, 2.05) is 0 Å². The van der Waals surface area contributed by atoms with Gasteiger partial charge >= 0.3 is 0 Å². The molecule has 0 spiro atoms. The maximum absolute atomic E-state index is 13.2. The molecule has 2 aromatic rings. The lowest BCUT2D eigenvalue weighted by molar-refractivity contribution is -0.144. The van der Waals surface area contributed by atoms with Gasteiger partial charge in [-0.15, -0.1) is 11.3 Å². The van der Waals surface area contributed by atoms with E-state index >= 15 is 0 Å². The number of nitrogens with zero attached hydrogens (tertiary/aromatic N) is 3. The molecule has 2 aliphatic rings. The molecule has 4 rings (SSSR count). The van der Waals surface area contributed by atoms with E-state index in [4.69, 9.17) is 11.6 Å². The van der Waals surface area contributed by atoms with Gasteiger partial charge in [0.25, 0.3) is 10.0 Å². The fourth-order valence-corrected chi connectivity index (χ4v) is 7.26. The molecule has 10 heteroatoms. The quantitative estimate of drug-likeness (QED) is 0.674. The summed E-state index contributed by atoms with van der Waals surface area (Å²) in [5.74, 6) is -0.363. The fourth-order valence-electron chi connectivity index (χ4n) is 4.06. The van der Waals surface area contributed by atoms with Gasteiger partial charge < -0.3 is 9.80 Å². The van der Waals surface area contributed by atoms with E-state index in [0.29, 0.717) is 24.4 Å². The van der Waals surface area contributed by atoms with Gasteiger partial charge in [-0.25, -0.2) is 8.42 Å². The normalized spacial score (nSPS) is 20.5. The number of hydrogen-bond acceptors (Lipinski definition) is 5. The Morgan fingerprint density at radius 2 is 1.93 bits per heavy atom. The third-order valence-corrected chi connectivity index (χ3v) is 9.47. The van der Waals surface area contributed by atoms with Crippen molar-refractivity contribution in [1.82, 2.24) is 14.1 Å². The van der Waals surface area contributed by atoms with Crippen molar-refractivity contribution in [3.63, 3.8) is 0 Å². The number of carbonyl (C=O) groups excluding carboxylic acids is 2. The molecular weight excluding hydrogens is 446 g/mol. The first-order chi connectivity index (χ1) is 14.3. The van der Waals surface area contributed by atoms with E-state index in [9.17, 15) is 18.0 Å². The second kappa shape index (κ2) is 8.45. The highest BCUT2D eigenvalue weighted by Gasteiger charge is 2.39. The van der Waals surface area contributed by atoms with Crippen LogP contribution >= 0.6 is 22.9 Å². The molecule has 1 unspecified atom stereocenters. The van der Waals surface area contributed by atoms with Crippen LogP contribution in [0.25, 0.3) is 10.1 Å². The monoisotopic (exact) mass is 469 g/mol. The van der Waals surface area contributed by atoms with Crippen molar-refractivity contribution < 1.29 is 18.0 Å². The van der Waals surface area contributed by atoms with E-state index in [0.717, 1.165) is 51.7 Å². The zero-order chi connectivity index (χ0) is 21.5. The SMILES string of the molecule is CN(C1CCCN(CC(=O)N2CCCC2)C1=O)S(=O)(=O)c1cc2ccc(Cl)cc2s1. The summed E-state index contributed by atoms with van der Waals surface area (Å²) in [6.07, 6.45) is 3.08. The molecule has 30 heavy (non-hydrogen) atoms. The number of rotatable bonds is 5. The first-order valence-corrected chi connectivity index (χ1v) is 12.6. The van der Waals surface area contributed by atoms with E-state index in [1.165, 1.54) is 11.9 Å². The number of amides is 2. The lowest BCUT2D eigenvalue weighted by Gasteiger charge is -2.36. The lowest BCUT2D eigenvalue weighted by Crippen LogP contribution is -2.54. The fraction of sp³-hybridized carbons (Fsp3) is 0.500. The summed E-state index contributed by atoms with van der Waals surface area (Å²) in [5, 5.41) is 1.34. The largest absolute Gasteiger partial charge is 0.341 e. The van der Waals surface area contributed by atoms with Gasteiger partial charge in [0.1, 0.15) is 10.3 Å². The van der Waals surface area contributed by atoms with Crippen molar-refractivity contribution in [3.05, 3.63) is 29.3 Å². The standard InChI is InChI=1S/C20H24ClN3O4S2/c1-22(30(27,28)19-11-14-6-7-15(21)12-17(14)29-19)16-5-4-10-24(20(16)26)13-18(25)23-8-2-3-9-23/h6-7,11-12,16H,2-5,8-10,13H2,1H3. The van der Waals surface area contributed by atoms with Gasteiger partial charge in [0.2, 0.25) is 11.8 Å². The first-order valence-electron chi connectivity index (χ1n) is 10.0. The van der Waals surface area contributed by atoms with Gasteiger partial charge in [-0.3, -0.25) is 9.59 Å². The number of hydrogen-bond donors (Lipinski definition) is 0. The van der Waals surface area contributed by atoms with E-state index in [1.54, 1.807) is 29.2 Å². The van der Waals surface area contributed by atoms with Crippen LogP contribution in [0.2, 0.25) is 5.02 Å². The Bertz CT molecular complexity index is 1080. The van der Waals surface area contributed by atoms with E-state index in [-0.39, 0.29) is 22.6 Å². The van der Waals surface area contributed by atoms with Crippen LogP contribution in [0.5, 0.6) is 0 Å². The van der Waals surface area contributed by atoms with Crippen LogP contribution < -0.4 is 0 Å². The van der Waals surface area contributed by atoms with Crippen LogP contribution in [0.3, 0.4) is 0 Å². The first kappa shape index (κ1) is 21.5. The average molecular weight is 470 g/mol. The average Bonchev–Trinajstić information content (AvgIpc) is 3.38. The third-order valence-electron chi connectivity index (χ3n) is 5.82. The molecule has 0 aliphatic carbocycles. The van der Waals surface area contributed by atoms with Gasteiger partial charge in [-0.1, -0.05) is 17.7 Å². The number of piperidine rings is 1. The molecule has 2 aliphatic heterocycles. The van der Waals surface area contributed by atoms with Crippen LogP contribution in [0.15, 0.2) is 28.5 Å². The Kier molecular flexibility index (Phi) is 6.07. The van der Waals surface area contributed by atoms with Crippen molar-refractivity contribution in [1.29, 1.82) is 0 Å². The summed E-state index contributed by atoms with van der Waals surface area (Å²) in [6, 6.07) is 6.05. The van der Waals surface area contributed by atoms with Crippen LogP contribution in [0.1, 0.15) is 25.7 Å². The van der Waals surface area contributed by atoms with E-state index < -0.39 is 16.1 Å². The number of likely N-dealkylation sites (tertiary alicyclic amines) is 2. The number of carbonyl (C=O) groups is 2. The molecule has 162 valence electrons. The minimum Gasteiger partial charge on any atom is -0.341 e. The molecule has 0 saturated carbocycles. The molecule has 1 atom stereocenters. The van der Waals surface area contributed by atoms with Crippen molar-refractivity contribution in [2.24, 2.45) is 0 Å². The predicted molar refractivity (Wildman–Crippen MR) is 117 cm³/mol. The topological polar surface area (TPSA) is 78.0 Å². The highest BCUT2D eigenvalue weighted by atomic mass is 35.5. The lowest BCUT2D eigenvalue weighted by atomic mass is 10.1. The molecule has 0 bridgehead atoms. The number of likely N-dealkylation sites (N-methyl/N-ethyl adjacent to an activating group) is 1. The minimum atomic E-state index is -3.85. The maximum Gasteiger partial charge on any atom is 0.253 e. The second-order valence-corrected chi connectivity index (χ2v) is 11.5. The molecule has 0 N–H and O–H groups in total. The Balaban J connectivity index is 1.52. The predicted octanol–water partition coefficient (Wildman–Crippen LogP) is 2.79. The Morgan fingerprint density at radius 3 is 2.67 bits per heavy atom. The molecule has 7 nitrogen and oxygen atoms in total. The van der Waals surface area contributed by atoms with Crippen LogP contribution in [-0.2, 0) is 19.6 Å². The van der Waals surface area contributed by atoms with Crippen LogP contribution in [0.4, 0.5) is 0 Å². The van der Waals surface area contributed by atoms with E-state index in [2.05, 4.69) is 0 Å². The number of benzene rings is 1. The molecule has 1 aromatic carbocycles. The van der Waals surface area contributed by atoms with Crippen LogP contribution in [-0.4, -0.2) is 73.6 Å². The summed E-state index contributed by atoms with van der Waals surface area (Å²) in [4.78, 5) is 28.8. The Morgan fingerprint density at radius 1 is 1.20 bits per heavy atom. The summed E-state index contributed by atoms with van der Waals surface area (Å²) in [6.45, 7) is 1.96. The molecule has 2 fully saturated rings. The van der Waals surface area contributed by atoms with Crippen molar-refractivity contribution in [2.75, 3.05) is 33.2 Å². The molecule has 2 amide bonds. The summed E-state index contributed by atoms with van der Waals surface area (Å²) < 4.78 is 28.6. The number of thiophene rings is 1. The Hall–Kier alpha value is -1.68. The van der Waals surface area contributed by atoms with Gasteiger partial charge in [0, 0.05) is 36.4 Å². The van der Waals surface area contributed by atoms with Crippen molar-refractivity contribution in [2.45, 2.75) is 35.9 Å². The summed E-state index contributed by atoms with van der Waals surface area (Å²) in [5.41, 5.74) is 0. The molecule has 0 radical (unpaired) electrons. The maximum atomic E-state index is 13.2. The highest BCUT2D eigenvalue weighted by molar-refractivity contribution is 7.91. The van der Waals surface area contributed by atoms with Crippen LogP contribution in [0, 0.1) is 0 Å². The molecular formula is C20H24ClN3O4S2. The summed E-state index contributed by atoms with van der Waals surface area (Å²) >= 11 is 7.16. The van der Waals surface area contributed by atoms with Gasteiger partial charge in [0.05, 0.1) is 6.54 Å². The third kappa shape index (κ3) is 4.08. The van der Waals surface area contributed by atoms with Gasteiger partial charge in [-0.05, 0) is 49.3 Å². The number of fused-ring (bicyclic) bond motifs is 1. The summed E-state index contributed by atoms with van der Waals surface area (Å²) in [7, 11) is -2.40. The Labute approximate surface area is 185 Å². The van der Waals surface area contributed by atoms with Gasteiger partial charge in [-0.2, -0.15) is 4.31 Å². The minimum absolute atomic E-state index is 0.0185. The molecule has 3 heterocycles. The zero-order valence-corrected chi connectivity index (χ0v) is 19.1. The molecule has 2 saturated heterocycles. The second-order valence-electron chi connectivity index (χ2n) is 7.77. The number of sulfonamides is 1. The van der Waals surface area contributed by atoms with Crippen molar-refractivity contribution in [3.8, 4) is 0 Å². The molecule has 1 aromatic heterocycles. The van der Waals surface area contributed by atoms with Crippen molar-refractivity contribution >= 4 is 54.9 Å². The number of halogens is 1. The highest BCUT2D eigenvalue weighted by Crippen LogP contribution is 2.33.